The van der Waals surface area contributed by atoms with Crippen LogP contribution in [0.2, 0.25) is 0 Å². The molecule has 0 saturated heterocycles. The second-order valence-electron chi connectivity index (χ2n) is 6.52. The van der Waals surface area contributed by atoms with Crippen molar-refractivity contribution < 1.29 is 14.3 Å². The molecule has 0 N–H and O–H groups in total. The smallest absolute Gasteiger partial charge is 0.311 e. The molecular weight excluding hydrogens is 264 g/mol. The van der Waals surface area contributed by atoms with Gasteiger partial charge in [0.25, 0.3) is 0 Å². The van der Waals surface area contributed by atoms with Crippen molar-refractivity contribution in [1.82, 2.24) is 0 Å². The first kappa shape index (κ1) is 14.4. The molecule has 0 aliphatic heterocycles. The Labute approximate surface area is 126 Å². The Balaban J connectivity index is 1.41. The van der Waals surface area contributed by atoms with Gasteiger partial charge in [-0.2, -0.15) is 0 Å². The van der Waals surface area contributed by atoms with Crippen LogP contribution in [0.15, 0.2) is 24.3 Å². The number of rotatable bonds is 8. The fourth-order valence-electron chi connectivity index (χ4n) is 2.81. The summed E-state index contributed by atoms with van der Waals surface area (Å²) in [7, 11) is 1.49. The summed E-state index contributed by atoms with van der Waals surface area (Å²) in [4.78, 5) is 11.7. The van der Waals surface area contributed by atoms with Crippen molar-refractivity contribution in [3.63, 3.8) is 0 Å². The van der Waals surface area contributed by atoms with E-state index in [4.69, 9.17) is 9.47 Å². The molecule has 2 fully saturated rings. The first-order chi connectivity index (χ1) is 10.2. The van der Waals surface area contributed by atoms with Gasteiger partial charge in [-0.1, -0.05) is 12.1 Å². The van der Waals surface area contributed by atoms with E-state index in [9.17, 15) is 4.79 Å². The zero-order valence-corrected chi connectivity index (χ0v) is 12.8. The van der Waals surface area contributed by atoms with Gasteiger partial charge < -0.3 is 9.47 Å². The van der Waals surface area contributed by atoms with Gasteiger partial charge in [0, 0.05) is 0 Å². The minimum atomic E-state index is -0.151. The lowest BCUT2D eigenvalue weighted by atomic mass is 9.97. The quantitative estimate of drug-likeness (QED) is 0.683. The van der Waals surface area contributed by atoms with Crippen LogP contribution in [0.1, 0.15) is 44.1 Å². The van der Waals surface area contributed by atoms with Crippen LogP contribution in [0.25, 0.3) is 0 Å². The third-order valence-electron chi connectivity index (χ3n) is 4.70. The molecule has 2 aliphatic carbocycles. The number of methoxy groups -OCH3 is 1. The van der Waals surface area contributed by atoms with Gasteiger partial charge in [-0.05, 0) is 68.6 Å². The Bertz CT molecular complexity index is 484. The summed E-state index contributed by atoms with van der Waals surface area (Å²) < 4.78 is 10.6. The molecule has 3 nitrogen and oxygen atoms in total. The minimum absolute atomic E-state index is 0.0219. The third kappa shape index (κ3) is 3.78. The van der Waals surface area contributed by atoms with E-state index >= 15 is 0 Å². The number of hydrogen-bond acceptors (Lipinski definition) is 3. The predicted octanol–water partition coefficient (Wildman–Crippen LogP) is 3.75. The molecule has 0 atom stereocenters. The lowest BCUT2D eigenvalue weighted by Crippen LogP contribution is -2.17. The van der Waals surface area contributed by atoms with Crippen molar-refractivity contribution in [2.75, 3.05) is 13.7 Å². The highest BCUT2D eigenvalue weighted by Crippen LogP contribution is 2.50. The predicted molar refractivity (Wildman–Crippen MR) is 81.3 cm³/mol. The number of carbonyl (C=O) groups is 1. The summed E-state index contributed by atoms with van der Waals surface area (Å²) in [5, 5.41) is 0. The van der Waals surface area contributed by atoms with Crippen LogP contribution in [0, 0.1) is 11.3 Å². The molecule has 0 aromatic heterocycles. The Morgan fingerprint density at radius 1 is 1.24 bits per heavy atom. The van der Waals surface area contributed by atoms with Gasteiger partial charge >= 0.3 is 5.97 Å². The third-order valence-corrected chi connectivity index (χ3v) is 4.70. The van der Waals surface area contributed by atoms with Crippen molar-refractivity contribution in [1.29, 1.82) is 0 Å². The second kappa shape index (κ2) is 6.08. The summed E-state index contributed by atoms with van der Waals surface area (Å²) in [6.45, 7) is 0.862. The van der Waals surface area contributed by atoms with Gasteiger partial charge in [0.05, 0.1) is 19.1 Å². The normalized spacial score (nSPS) is 19.1. The average molecular weight is 288 g/mol. The highest BCUT2D eigenvalue weighted by Gasteiger charge is 2.50. The molecule has 114 valence electrons. The summed E-state index contributed by atoms with van der Waals surface area (Å²) >= 11 is 0. The van der Waals surface area contributed by atoms with Crippen LogP contribution in [-0.2, 0) is 16.0 Å². The molecule has 0 spiro atoms. The van der Waals surface area contributed by atoms with Gasteiger partial charge in [0.2, 0.25) is 0 Å². The maximum atomic E-state index is 11.7. The molecule has 2 saturated carbocycles. The molecule has 0 amide bonds. The number of benzene rings is 1. The van der Waals surface area contributed by atoms with E-state index in [2.05, 4.69) is 24.3 Å². The van der Waals surface area contributed by atoms with Crippen LogP contribution in [-0.4, -0.2) is 19.7 Å². The first-order valence-electron chi connectivity index (χ1n) is 8.02. The number of aryl methyl sites for hydroxylation is 1. The highest BCUT2D eigenvalue weighted by atomic mass is 16.5. The van der Waals surface area contributed by atoms with Gasteiger partial charge in [-0.15, -0.1) is 0 Å². The molecular formula is C18H24O3. The number of ether oxygens (including phenoxy) is 2. The maximum absolute atomic E-state index is 11.7. The summed E-state index contributed by atoms with van der Waals surface area (Å²) in [5.41, 5.74) is 1.16. The Kier molecular flexibility index (Phi) is 4.18. The molecule has 3 rings (SSSR count). The minimum Gasteiger partial charge on any atom is -0.493 e. The summed E-state index contributed by atoms with van der Waals surface area (Å²) in [6, 6.07) is 8.40. The SMILES string of the molecule is COC(=O)C1(CCCc2ccc(OCC3CC3)cc2)CC1. The zero-order valence-electron chi connectivity index (χ0n) is 12.8. The molecule has 0 radical (unpaired) electrons. The lowest BCUT2D eigenvalue weighted by molar-refractivity contribution is -0.147. The number of hydrogen-bond donors (Lipinski definition) is 0. The van der Waals surface area contributed by atoms with E-state index < -0.39 is 0 Å². The molecule has 1 aromatic rings. The van der Waals surface area contributed by atoms with E-state index in [0.29, 0.717) is 0 Å². The number of esters is 1. The van der Waals surface area contributed by atoms with Crippen LogP contribution in [0.3, 0.4) is 0 Å². The van der Waals surface area contributed by atoms with Crippen molar-refractivity contribution in [2.45, 2.75) is 44.9 Å². The fourth-order valence-corrected chi connectivity index (χ4v) is 2.81. The highest BCUT2D eigenvalue weighted by molar-refractivity contribution is 5.79. The molecule has 1 aromatic carbocycles. The van der Waals surface area contributed by atoms with E-state index in [1.54, 1.807) is 0 Å². The maximum Gasteiger partial charge on any atom is 0.311 e. The monoisotopic (exact) mass is 288 g/mol. The van der Waals surface area contributed by atoms with E-state index in [1.165, 1.54) is 25.5 Å². The Morgan fingerprint density at radius 2 is 1.95 bits per heavy atom. The largest absolute Gasteiger partial charge is 0.493 e. The van der Waals surface area contributed by atoms with Crippen molar-refractivity contribution in [3.8, 4) is 5.75 Å². The summed E-state index contributed by atoms with van der Waals surface area (Å²) in [6.07, 6.45) is 7.62. The van der Waals surface area contributed by atoms with Crippen LogP contribution >= 0.6 is 0 Å². The molecule has 0 bridgehead atoms. The van der Waals surface area contributed by atoms with Crippen molar-refractivity contribution in [3.05, 3.63) is 29.8 Å². The van der Waals surface area contributed by atoms with Gasteiger partial charge in [-0.25, -0.2) is 0 Å². The molecule has 2 aliphatic rings. The van der Waals surface area contributed by atoms with Crippen LogP contribution in [0.4, 0.5) is 0 Å². The lowest BCUT2D eigenvalue weighted by Gasteiger charge is -2.12. The number of carbonyl (C=O) groups excluding carboxylic acids is 1. The molecule has 0 unspecified atom stereocenters. The van der Waals surface area contributed by atoms with E-state index in [-0.39, 0.29) is 11.4 Å². The Morgan fingerprint density at radius 3 is 2.52 bits per heavy atom. The van der Waals surface area contributed by atoms with Crippen molar-refractivity contribution >= 4 is 5.97 Å². The first-order valence-corrected chi connectivity index (χ1v) is 8.02. The molecule has 3 heteroatoms. The molecule has 21 heavy (non-hydrogen) atoms. The van der Waals surface area contributed by atoms with E-state index in [1.807, 2.05) is 0 Å². The van der Waals surface area contributed by atoms with Gasteiger partial charge in [-0.3, -0.25) is 4.79 Å². The average Bonchev–Trinajstić information content (AvgIpc) is 3.41. The second-order valence-corrected chi connectivity index (χ2v) is 6.52. The Hall–Kier alpha value is -1.51. The molecule has 0 heterocycles. The zero-order chi connectivity index (χ0) is 14.7. The topological polar surface area (TPSA) is 35.5 Å². The summed E-state index contributed by atoms with van der Waals surface area (Å²) in [5.74, 6) is 1.74. The van der Waals surface area contributed by atoms with Crippen LogP contribution < -0.4 is 4.74 Å². The van der Waals surface area contributed by atoms with Gasteiger partial charge in [0.1, 0.15) is 5.75 Å². The van der Waals surface area contributed by atoms with Crippen LogP contribution in [0.5, 0.6) is 5.75 Å². The fraction of sp³-hybridized carbons (Fsp3) is 0.611. The standard InChI is InChI=1S/C18H24O3/c1-20-17(19)18(11-12-18)10-2-3-14-6-8-16(9-7-14)21-13-15-4-5-15/h6-9,15H,2-5,10-13H2,1H3. The van der Waals surface area contributed by atoms with Gasteiger partial charge in [0.15, 0.2) is 0 Å². The van der Waals surface area contributed by atoms with E-state index in [0.717, 1.165) is 50.4 Å². The van der Waals surface area contributed by atoms with Crippen molar-refractivity contribution in [2.24, 2.45) is 11.3 Å².